The second kappa shape index (κ2) is 14.9. The lowest BCUT2D eigenvalue weighted by Gasteiger charge is -2.23. The molecule has 0 aliphatic rings. The minimum atomic E-state index is -1.32. The van der Waals surface area contributed by atoms with Gasteiger partial charge < -0.3 is 44.0 Å². The molecule has 4 amide bonds. The third kappa shape index (κ3) is 11.9. The Kier molecular flexibility index (Phi) is 13.4. The molecule has 0 saturated carbocycles. The lowest BCUT2D eigenvalue weighted by Crippen LogP contribution is -2.56. The standard InChI is InChI=1S/C17H32N8O6S/c1-8(23-14(28)9(18)3-2-6-22-17(20)21)13(27)24-10(4-5-12(19)26)15(29)25-11(7-32)16(30)31/h8-11,32H,2-7,18H2,1H3,(H2,19,26)(H,23,28)(H,24,27)(H,25,29)(H,30,31)(H4,20,21,22). The van der Waals surface area contributed by atoms with Crippen LogP contribution in [-0.2, 0) is 24.0 Å². The van der Waals surface area contributed by atoms with E-state index in [4.69, 9.17) is 28.0 Å². The number of primary amides is 1. The van der Waals surface area contributed by atoms with Crippen LogP contribution in [0.25, 0.3) is 0 Å². The lowest BCUT2D eigenvalue weighted by molar-refractivity contribution is -0.141. The molecule has 12 N–H and O–H groups in total. The fraction of sp³-hybridized carbons (Fsp3) is 0.647. The molecule has 0 bridgehead atoms. The predicted molar refractivity (Wildman–Crippen MR) is 119 cm³/mol. The van der Waals surface area contributed by atoms with Gasteiger partial charge in [-0.25, -0.2) is 4.79 Å². The van der Waals surface area contributed by atoms with Crippen molar-refractivity contribution in [2.45, 2.75) is 56.8 Å². The third-order valence-corrected chi connectivity index (χ3v) is 4.53. The number of carbonyl (C=O) groups is 5. The Morgan fingerprint density at radius 2 is 1.53 bits per heavy atom. The van der Waals surface area contributed by atoms with Gasteiger partial charge in [-0.15, -0.1) is 0 Å². The van der Waals surface area contributed by atoms with E-state index < -0.39 is 53.8 Å². The van der Waals surface area contributed by atoms with Crippen LogP contribution in [0.15, 0.2) is 4.99 Å². The van der Waals surface area contributed by atoms with E-state index in [0.717, 1.165) is 0 Å². The van der Waals surface area contributed by atoms with Crippen LogP contribution in [0.2, 0.25) is 0 Å². The Hall–Kier alpha value is -3.07. The van der Waals surface area contributed by atoms with Gasteiger partial charge in [-0.2, -0.15) is 12.6 Å². The maximum atomic E-state index is 12.4. The predicted octanol–water partition coefficient (Wildman–Crippen LogP) is -3.88. The molecular formula is C17H32N8O6S. The molecule has 0 fully saturated rings. The first-order chi connectivity index (χ1) is 14.9. The van der Waals surface area contributed by atoms with Crippen LogP contribution in [0.1, 0.15) is 32.6 Å². The van der Waals surface area contributed by atoms with Gasteiger partial charge in [0, 0.05) is 18.7 Å². The van der Waals surface area contributed by atoms with Gasteiger partial charge in [0.1, 0.15) is 18.1 Å². The number of hydrogen-bond donors (Lipinski definition) is 9. The third-order valence-electron chi connectivity index (χ3n) is 4.17. The molecule has 0 heterocycles. The van der Waals surface area contributed by atoms with Crippen LogP contribution >= 0.6 is 12.6 Å². The molecule has 0 rings (SSSR count). The number of amides is 4. The number of aliphatic carboxylic acids is 1. The summed E-state index contributed by atoms with van der Waals surface area (Å²) < 4.78 is 0. The van der Waals surface area contributed by atoms with E-state index in [9.17, 15) is 24.0 Å². The summed E-state index contributed by atoms with van der Waals surface area (Å²) in [5, 5.41) is 16.0. The zero-order valence-electron chi connectivity index (χ0n) is 17.7. The Bertz CT molecular complexity index is 715. The van der Waals surface area contributed by atoms with Gasteiger partial charge in [-0.3, -0.25) is 24.2 Å². The van der Waals surface area contributed by atoms with Crippen molar-refractivity contribution in [2.24, 2.45) is 27.9 Å². The van der Waals surface area contributed by atoms with E-state index in [2.05, 4.69) is 33.6 Å². The molecule has 0 saturated heterocycles. The largest absolute Gasteiger partial charge is 0.480 e. The highest BCUT2D eigenvalue weighted by atomic mass is 32.1. The normalized spacial score (nSPS) is 14.2. The molecule has 32 heavy (non-hydrogen) atoms. The quantitative estimate of drug-likeness (QED) is 0.0483. The molecular weight excluding hydrogens is 444 g/mol. The number of nitrogens with zero attached hydrogens (tertiary/aromatic N) is 1. The molecule has 4 unspecified atom stereocenters. The summed E-state index contributed by atoms with van der Waals surface area (Å²) in [6.45, 7) is 1.66. The maximum absolute atomic E-state index is 12.4. The number of carboxylic acids is 1. The van der Waals surface area contributed by atoms with Crippen molar-refractivity contribution in [3.63, 3.8) is 0 Å². The van der Waals surface area contributed by atoms with Crippen LogP contribution in [0, 0.1) is 0 Å². The van der Waals surface area contributed by atoms with E-state index in [1.807, 2.05) is 0 Å². The summed E-state index contributed by atoms with van der Waals surface area (Å²) in [5.74, 6) is -4.48. The summed E-state index contributed by atoms with van der Waals surface area (Å²) in [5.41, 5.74) is 21.3. The van der Waals surface area contributed by atoms with Crippen molar-refractivity contribution in [1.82, 2.24) is 16.0 Å². The van der Waals surface area contributed by atoms with Gasteiger partial charge in [0.2, 0.25) is 23.6 Å². The number of nitrogens with one attached hydrogen (secondary N) is 3. The van der Waals surface area contributed by atoms with Gasteiger partial charge in [0.05, 0.1) is 6.04 Å². The molecule has 0 aliphatic carbocycles. The minimum absolute atomic E-state index is 0.0766. The fourth-order valence-electron chi connectivity index (χ4n) is 2.35. The van der Waals surface area contributed by atoms with Crippen molar-refractivity contribution in [3.05, 3.63) is 0 Å². The van der Waals surface area contributed by atoms with Gasteiger partial charge >= 0.3 is 5.97 Å². The number of rotatable bonds is 15. The molecule has 15 heteroatoms. The van der Waals surface area contributed by atoms with Crippen LogP contribution < -0.4 is 38.9 Å². The summed E-state index contributed by atoms with van der Waals surface area (Å²) in [4.78, 5) is 63.0. The topological polar surface area (TPSA) is 258 Å². The molecule has 0 spiro atoms. The van der Waals surface area contributed by atoms with Crippen molar-refractivity contribution in [2.75, 3.05) is 12.3 Å². The second-order valence-electron chi connectivity index (χ2n) is 6.93. The number of carbonyl (C=O) groups excluding carboxylic acids is 4. The van der Waals surface area contributed by atoms with E-state index in [-0.39, 0.29) is 31.0 Å². The van der Waals surface area contributed by atoms with Crippen LogP contribution in [0.5, 0.6) is 0 Å². The molecule has 0 aliphatic heterocycles. The van der Waals surface area contributed by atoms with Crippen molar-refractivity contribution < 1.29 is 29.1 Å². The number of nitrogens with two attached hydrogens (primary N) is 4. The highest BCUT2D eigenvalue weighted by Crippen LogP contribution is 2.02. The minimum Gasteiger partial charge on any atom is -0.480 e. The smallest absolute Gasteiger partial charge is 0.327 e. The Morgan fingerprint density at radius 1 is 0.938 bits per heavy atom. The fourth-order valence-corrected chi connectivity index (χ4v) is 2.59. The molecule has 0 aromatic rings. The van der Waals surface area contributed by atoms with E-state index in [1.54, 1.807) is 0 Å². The van der Waals surface area contributed by atoms with Gasteiger partial charge in [0.15, 0.2) is 5.96 Å². The first-order valence-electron chi connectivity index (χ1n) is 9.73. The highest BCUT2D eigenvalue weighted by Gasteiger charge is 2.28. The van der Waals surface area contributed by atoms with E-state index >= 15 is 0 Å². The number of thiol groups is 1. The summed E-state index contributed by atoms with van der Waals surface area (Å²) in [7, 11) is 0. The Balaban J connectivity index is 4.93. The van der Waals surface area contributed by atoms with Crippen molar-refractivity contribution in [1.29, 1.82) is 0 Å². The number of aliphatic imine (C=N–C) groups is 1. The zero-order chi connectivity index (χ0) is 24.8. The molecule has 0 aromatic carbocycles. The van der Waals surface area contributed by atoms with Gasteiger partial charge in [0.25, 0.3) is 0 Å². The van der Waals surface area contributed by atoms with Gasteiger partial charge in [-0.1, -0.05) is 0 Å². The highest BCUT2D eigenvalue weighted by molar-refractivity contribution is 7.80. The van der Waals surface area contributed by atoms with E-state index in [1.165, 1.54) is 6.92 Å². The maximum Gasteiger partial charge on any atom is 0.327 e. The van der Waals surface area contributed by atoms with Gasteiger partial charge in [-0.05, 0) is 26.2 Å². The number of carboxylic acid groups (broad SMARTS) is 1. The van der Waals surface area contributed by atoms with Crippen LogP contribution in [0.3, 0.4) is 0 Å². The van der Waals surface area contributed by atoms with Crippen molar-refractivity contribution in [3.8, 4) is 0 Å². The SMILES string of the molecule is CC(NC(=O)C(N)CCCN=C(N)N)C(=O)NC(CCC(N)=O)C(=O)NC(CS)C(=O)O. The summed E-state index contributed by atoms with van der Waals surface area (Å²) in [6.07, 6.45) is 0.300. The Morgan fingerprint density at radius 3 is 2.03 bits per heavy atom. The first-order valence-corrected chi connectivity index (χ1v) is 10.4. The van der Waals surface area contributed by atoms with Crippen LogP contribution in [0.4, 0.5) is 0 Å². The first kappa shape index (κ1) is 28.9. The lowest BCUT2D eigenvalue weighted by atomic mass is 10.1. The average Bonchev–Trinajstić information content (AvgIpc) is 2.70. The molecule has 0 radical (unpaired) electrons. The molecule has 4 atom stereocenters. The molecule has 14 nitrogen and oxygen atoms in total. The molecule has 182 valence electrons. The summed E-state index contributed by atoms with van der Waals surface area (Å²) in [6, 6.07) is -4.55. The monoisotopic (exact) mass is 476 g/mol. The molecule has 0 aromatic heterocycles. The number of guanidine groups is 1. The average molecular weight is 477 g/mol. The van der Waals surface area contributed by atoms with E-state index in [0.29, 0.717) is 13.0 Å². The summed E-state index contributed by atoms with van der Waals surface area (Å²) >= 11 is 3.85. The number of hydrogen-bond acceptors (Lipinski definition) is 8. The van der Waals surface area contributed by atoms with Crippen LogP contribution in [-0.4, -0.2) is 77.1 Å². The Labute approximate surface area is 190 Å². The van der Waals surface area contributed by atoms with Crippen molar-refractivity contribution >= 4 is 48.2 Å². The second-order valence-corrected chi connectivity index (χ2v) is 7.30. The zero-order valence-corrected chi connectivity index (χ0v) is 18.6.